The van der Waals surface area contributed by atoms with E-state index in [1.165, 1.54) is 16.9 Å². The Bertz CT molecular complexity index is 849. The van der Waals surface area contributed by atoms with Crippen molar-refractivity contribution in [1.82, 2.24) is 9.71 Å². The molecule has 2 aromatic heterocycles. The van der Waals surface area contributed by atoms with Crippen molar-refractivity contribution >= 4 is 32.3 Å². The first-order valence-corrected chi connectivity index (χ1v) is 9.02. The third-order valence-corrected chi connectivity index (χ3v) is 6.23. The van der Waals surface area contributed by atoms with Crippen LogP contribution in [0.25, 0.3) is 10.9 Å². The molecule has 3 rings (SSSR count). The normalized spacial score (nSPS) is 12.0. The van der Waals surface area contributed by atoms with Crippen molar-refractivity contribution in [2.45, 2.75) is 17.6 Å². The van der Waals surface area contributed by atoms with Crippen molar-refractivity contribution in [3.63, 3.8) is 0 Å². The predicted molar refractivity (Wildman–Crippen MR) is 86.2 cm³/mol. The summed E-state index contributed by atoms with van der Waals surface area (Å²) in [5.41, 5.74) is 3.40. The summed E-state index contributed by atoms with van der Waals surface area (Å²) in [6.45, 7) is 2.44. The number of thiophene rings is 1. The van der Waals surface area contributed by atoms with Gasteiger partial charge in [-0.3, -0.25) is 0 Å². The van der Waals surface area contributed by atoms with E-state index in [-0.39, 0.29) is 0 Å². The number of hydrogen-bond acceptors (Lipinski definition) is 3. The van der Waals surface area contributed by atoms with Gasteiger partial charge in [-0.15, -0.1) is 11.3 Å². The third kappa shape index (κ3) is 3.02. The standard InChI is InChI=1S/C15H16N2O2S2/c1-11-4-5-14-13(9-11)12(10-16-14)6-7-17-21(18,19)15-3-2-8-20-15/h2-5,8-10,16-17H,6-7H2,1H3. The zero-order chi connectivity index (χ0) is 14.9. The fraction of sp³-hybridized carbons (Fsp3) is 0.200. The Morgan fingerprint density at radius 2 is 2.14 bits per heavy atom. The zero-order valence-corrected chi connectivity index (χ0v) is 13.2. The molecule has 0 radical (unpaired) electrons. The molecule has 0 saturated carbocycles. The van der Waals surface area contributed by atoms with E-state index in [4.69, 9.17) is 0 Å². The van der Waals surface area contributed by atoms with Crippen LogP contribution in [0.2, 0.25) is 0 Å². The number of hydrogen-bond donors (Lipinski definition) is 2. The lowest BCUT2D eigenvalue weighted by atomic mass is 10.1. The van der Waals surface area contributed by atoms with E-state index in [0.29, 0.717) is 17.2 Å². The molecule has 2 N–H and O–H groups in total. The third-order valence-electron chi connectivity index (χ3n) is 3.37. The monoisotopic (exact) mass is 320 g/mol. The fourth-order valence-corrected chi connectivity index (χ4v) is 4.38. The summed E-state index contributed by atoms with van der Waals surface area (Å²) >= 11 is 1.23. The van der Waals surface area contributed by atoms with Crippen molar-refractivity contribution in [2.75, 3.05) is 6.54 Å². The number of nitrogens with one attached hydrogen (secondary N) is 2. The Morgan fingerprint density at radius 1 is 1.29 bits per heavy atom. The van der Waals surface area contributed by atoms with E-state index in [1.54, 1.807) is 17.5 Å². The molecule has 1 aromatic carbocycles. The van der Waals surface area contributed by atoms with Gasteiger partial charge in [0.2, 0.25) is 10.0 Å². The number of rotatable bonds is 5. The topological polar surface area (TPSA) is 62.0 Å². The summed E-state index contributed by atoms with van der Waals surface area (Å²) in [4.78, 5) is 3.22. The number of fused-ring (bicyclic) bond motifs is 1. The van der Waals surface area contributed by atoms with E-state index in [0.717, 1.165) is 16.5 Å². The van der Waals surface area contributed by atoms with Crippen LogP contribution in [0, 0.1) is 6.92 Å². The number of benzene rings is 1. The highest BCUT2D eigenvalue weighted by molar-refractivity contribution is 7.91. The Morgan fingerprint density at radius 3 is 2.90 bits per heavy atom. The van der Waals surface area contributed by atoms with Crippen LogP contribution in [0.5, 0.6) is 0 Å². The molecule has 0 saturated heterocycles. The van der Waals surface area contributed by atoms with Gasteiger partial charge in [-0.2, -0.15) is 0 Å². The van der Waals surface area contributed by atoms with Crippen LogP contribution in [0.4, 0.5) is 0 Å². The maximum atomic E-state index is 12.0. The Labute approximate surface area is 127 Å². The SMILES string of the molecule is Cc1ccc2[nH]cc(CCNS(=O)(=O)c3cccs3)c2c1. The van der Waals surface area contributed by atoms with Crippen LogP contribution >= 0.6 is 11.3 Å². The Balaban J connectivity index is 1.71. The largest absolute Gasteiger partial charge is 0.361 e. The maximum absolute atomic E-state index is 12.0. The second kappa shape index (κ2) is 5.63. The van der Waals surface area contributed by atoms with Gasteiger partial charge in [0, 0.05) is 23.6 Å². The smallest absolute Gasteiger partial charge is 0.250 e. The van der Waals surface area contributed by atoms with Crippen LogP contribution in [0.3, 0.4) is 0 Å². The summed E-state index contributed by atoms with van der Waals surface area (Å²) in [5.74, 6) is 0. The number of aromatic amines is 1. The van der Waals surface area contributed by atoms with Gasteiger partial charge >= 0.3 is 0 Å². The lowest BCUT2D eigenvalue weighted by Crippen LogP contribution is -2.25. The van der Waals surface area contributed by atoms with Crippen molar-refractivity contribution in [1.29, 1.82) is 0 Å². The second-order valence-corrected chi connectivity index (χ2v) is 7.88. The molecule has 0 bridgehead atoms. The van der Waals surface area contributed by atoms with Gasteiger partial charge in [0.25, 0.3) is 0 Å². The van der Waals surface area contributed by atoms with E-state index in [1.807, 2.05) is 12.3 Å². The highest BCUT2D eigenvalue weighted by Gasteiger charge is 2.14. The molecule has 3 aromatic rings. The van der Waals surface area contributed by atoms with E-state index >= 15 is 0 Å². The summed E-state index contributed by atoms with van der Waals surface area (Å²) in [6.07, 6.45) is 2.61. The zero-order valence-electron chi connectivity index (χ0n) is 11.6. The highest BCUT2D eigenvalue weighted by Crippen LogP contribution is 2.20. The molecule has 0 aliphatic carbocycles. The average Bonchev–Trinajstić information content (AvgIpc) is 3.08. The van der Waals surface area contributed by atoms with Crippen molar-refractivity contribution in [3.8, 4) is 0 Å². The second-order valence-electron chi connectivity index (χ2n) is 4.94. The minimum absolute atomic E-state index is 0.359. The molecule has 0 unspecified atom stereocenters. The first-order valence-electron chi connectivity index (χ1n) is 6.66. The number of sulfonamides is 1. The van der Waals surface area contributed by atoms with Gasteiger partial charge in [-0.25, -0.2) is 13.1 Å². The van der Waals surface area contributed by atoms with Crippen LogP contribution in [0.1, 0.15) is 11.1 Å². The maximum Gasteiger partial charge on any atom is 0.250 e. The number of H-pyrrole nitrogens is 1. The fourth-order valence-electron chi connectivity index (χ4n) is 2.31. The summed E-state index contributed by atoms with van der Waals surface area (Å²) in [5, 5.41) is 2.92. The summed E-state index contributed by atoms with van der Waals surface area (Å²) < 4.78 is 27.1. The predicted octanol–water partition coefficient (Wildman–Crippen LogP) is 3.06. The van der Waals surface area contributed by atoms with Gasteiger partial charge in [0.05, 0.1) is 0 Å². The quantitative estimate of drug-likeness (QED) is 0.759. The van der Waals surface area contributed by atoms with Gasteiger partial charge in [-0.05, 0) is 42.5 Å². The Kier molecular flexibility index (Phi) is 3.84. The first-order chi connectivity index (χ1) is 10.1. The molecule has 0 fully saturated rings. The van der Waals surface area contributed by atoms with Gasteiger partial charge in [0.15, 0.2) is 0 Å². The molecular formula is C15H16N2O2S2. The van der Waals surface area contributed by atoms with Crippen molar-refractivity contribution < 1.29 is 8.42 Å². The number of aromatic nitrogens is 1. The van der Waals surface area contributed by atoms with Crippen LogP contribution in [-0.4, -0.2) is 19.9 Å². The van der Waals surface area contributed by atoms with Gasteiger partial charge < -0.3 is 4.98 Å². The molecule has 4 nitrogen and oxygen atoms in total. The lowest BCUT2D eigenvalue weighted by molar-refractivity contribution is 0.584. The molecular weight excluding hydrogens is 304 g/mol. The Hall–Kier alpha value is -1.63. The van der Waals surface area contributed by atoms with Crippen LogP contribution in [-0.2, 0) is 16.4 Å². The first kappa shape index (κ1) is 14.3. The van der Waals surface area contributed by atoms with Gasteiger partial charge in [-0.1, -0.05) is 17.7 Å². The molecule has 0 spiro atoms. The van der Waals surface area contributed by atoms with E-state index in [9.17, 15) is 8.42 Å². The highest BCUT2D eigenvalue weighted by atomic mass is 32.2. The summed E-state index contributed by atoms with van der Waals surface area (Å²) in [6, 6.07) is 9.57. The van der Waals surface area contributed by atoms with Gasteiger partial charge in [0.1, 0.15) is 4.21 Å². The molecule has 0 aliphatic heterocycles. The lowest BCUT2D eigenvalue weighted by Gasteiger charge is -2.04. The van der Waals surface area contributed by atoms with Crippen molar-refractivity contribution in [2.24, 2.45) is 0 Å². The minimum atomic E-state index is -3.37. The minimum Gasteiger partial charge on any atom is -0.361 e. The average molecular weight is 320 g/mol. The van der Waals surface area contributed by atoms with Crippen molar-refractivity contribution in [3.05, 3.63) is 53.0 Å². The molecule has 21 heavy (non-hydrogen) atoms. The molecule has 0 atom stereocenters. The molecule has 110 valence electrons. The van der Waals surface area contributed by atoms with E-state index < -0.39 is 10.0 Å². The number of aryl methyl sites for hydroxylation is 1. The molecule has 0 aliphatic rings. The molecule has 2 heterocycles. The molecule has 6 heteroatoms. The summed E-state index contributed by atoms with van der Waals surface area (Å²) in [7, 11) is -3.37. The van der Waals surface area contributed by atoms with Crippen LogP contribution < -0.4 is 4.72 Å². The molecule has 0 amide bonds. The van der Waals surface area contributed by atoms with E-state index in [2.05, 4.69) is 28.8 Å². The van der Waals surface area contributed by atoms with Crippen LogP contribution in [0.15, 0.2) is 46.1 Å².